The summed E-state index contributed by atoms with van der Waals surface area (Å²) in [6.07, 6.45) is 0. The number of hydrogen-bond acceptors (Lipinski definition) is 4. The highest BCUT2D eigenvalue weighted by molar-refractivity contribution is 6.31. The highest BCUT2D eigenvalue weighted by Gasteiger charge is 2.13. The Kier molecular flexibility index (Phi) is 4.65. The van der Waals surface area contributed by atoms with Gasteiger partial charge >= 0.3 is 0 Å². The van der Waals surface area contributed by atoms with Gasteiger partial charge in [0.1, 0.15) is 5.75 Å². The zero-order valence-corrected chi connectivity index (χ0v) is 12.4. The van der Waals surface area contributed by atoms with Crippen molar-refractivity contribution in [1.29, 1.82) is 0 Å². The maximum Gasteiger partial charge on any atom is 0.275 e. The predicted molar refractivity (Wildman–Crippen MR) is 83.1 cm³/mol. The van der Waals surface area contributed by atoms with E-state index in [1.165, 1.54) is 19.2 Å². The van der Waals surface area contributed by atoms with E-state index in [0.717, 1.165) is 5.56 Å². The van der Waals surface area contributed by atoms with Gasteiger partial charge in [0.15, 0.2) is 0 Å². The van der Waals surface area contributed by atoms with Gasteiger partial charge in [0.2, 0.25) is 0 Å². The number of benzene rings is 2. The van der Waals surface area contributed by atoms with Crippen molar-refractivity contribution >= 4 is 23.0 Å². The highest BCUT2D eigenvalue weighted by atomic mass is 35.5. The lowest BCUT2D eigenvalue weighted by Gasteiger charge is -2.17. The minimum Gasteiger partial charge on any atom is -0.496 e. The molecule has 0 bridgehead atoms. The molecule has 2 aromatic carbocycles. The van der Waals surface area contributed by atoms with Crippen LogP contribution in [0, 0.1) is 10.1 Å². The van der Waals surface area contributed by atoms with Crippen molar-refractivity contribution in [3.63, 3.8) is 0 Å². The molecule has 0 saturated heterocycles. The first-order valence-corrected chi connectivity index (χ1v) is 6.73. The van der Waals surface area contributed by atoms with Crippen LogP contribution < -0.4 is 10.1 Å². The Morgan fingerprint density at radius 3 is 2.62 bits per heavy atom. The number of methoxy groups -OCH3 is 1. The van der Waals surface area contributed by atoms with E-state index >= 15 is 0 Å². The van der Waals surface area contributed by atoms with E-state index in [1.54, 1.807) is 6.07 Å². The smallest absolute Gasteiger partial charge is 0.275 e. The number of nitro groups is 1. The molecule has 0 heterocycles. The van der Waals surface area contributed by atoms with Crippen LogP contribution in [-0.4, -0.2) is 12.0 Å². The molecule has 21 heavy (non-hydrogen) atoms. The molecule has 0 aromatic heterocycles. The van der Waals surface area contributed by atoms with E-state index in [-0.39, 0.29) is 11.7 Å². The number of halogens is 1. The third-order valence-electron chi connectivity index (χ3n) is 3.09. The Labute approximate surface area is 127 Å². The number of non-ortho nitro benzene ring substituents is 1. The van der Waals surface area contributed by atoms with Crippen LogP contribution in [0.3, 0.4) is 0 Å². The maximum absolute atomic E-state index is 10.9. The summed E-state index contributed by atoms with van der Waals surface area (Å²) in [6.45, 7) is 1.94. The van der Waals surface area contributed by atoms with Crippen molar-refractivity contribution in [2.75, 3.05) is 12.4 Å². The summed E-state index contributed by atoms with van der Waals surface area (Å²) in [6, 6.07) is 11.9. The van der Waals surface area contributed by atoms with Gasteiger partial charge in [0.05, 0.1) is 18.1 Å². The van der Waals surface area contributed by atoms with E-state index in [2.05, 4.69) is 5.32 Å². The van der Waals surface area contributed by atoms with Gasteiger partial charge in [-0.3, -0.25) is 10.1 Å². The number of nitrogens with one attached hydrogen (secondary N) is 1. The van der Waals surface area contributed by atoms with E-state index < -0.39 is 4.92 Å². The van der Waals surface area contributed by atoms with Gasteiger partial charge in [0.25, 0.3) is 5.69 Å². The number of hydrogen-bond donors (Lipinski definition) is 1. The second-order valence-corrected chi connectivity index (χ2v) is 4.97. The Balaban J connectivity index is 2.28. The van der Waals surface area contributed by atoms with Crippen molar-refractivity contribution in [3.8, 4) is 5.75 Å². The summed E-state index contributed by atoms with van der Waals surface area (Å²) >= 11 is 6.15. The van der Waals surface area contributed by atoms with Gasteiger partial charge in [-0.2, -0.15) is 0 Å². The zero-order chi connectivity index (χ0) is 15.4. The zero-order valence-electron chi connectivity index (χ0n) is 11.7. The molecule has 0 aliphatic heterocycles. The molecule has 0 aliphatic carbocycles. The fourth-order valence-electron chi connectivity index (χ4n) is 2.04. The Hall–Kier alpha value is -2.27. The summed E-state index contributed by atoms with van der Waals surface area (Å²) in [5.41, 5.74) is 1.50. The van der Waals surface area contributed by atoms with Gasteiger partial charge in [-0.25, -0.2) is 0 Å². The molecule has 5 nitrogen and oxygen atoms in total. The maximum atomic E-state index is 10.9. The standard InChI is InChI=1S/C15H15ClN2O3/c1-10(14-5-3-4-6-15(14)16)17-11-7-12(18(19)20)9-13(8-11)21-2/h3-10,17H,1-2H3. The summed E-state index contributed by atoms with van der Waals surface area (Å²) in [4.78, 5) is 10.5. The fourth-order valence-corrected chi connectivity index (χ4v) is 2.34. The predicted octanol–water partition coefficient (Wildman–Crippen LogP) is 4.43. The van der Waals surface area contributed by atoms with Gasteiger partial charge in [0, 0.05) is 28.9 Å². The van der Waals surface area contributed by atoms with Crippen molar-refractivity contribution in [2.45, 2.75) is 13.0 Å². The number of nitrogens with zero attached hydrogens (tertiary/aromatic N) is 1. The molecule has 1 atom stereocenters. The van der Waals surface area contributed by atoms with Crippen molar-refractivity contribution < 1.29 is 9.66 Å². The number of rotatable bonds is 5. The quantitative estimate of drug-likeness (QED) is 0.655. The topological polar surface area (TPSA) is 64.4 Å². The average Bonchev–Trinajstić information content (AvgIpc) is 2.47. The molecule has 0 fully saturated rings. The van der Waals surface area contributed by atoms with Crippen molar-refractivity contribution in [1.82, 2.24) is 0 Å². The molecule has 0 aliphatic rings. The van der Waals surface area contributed by atoms with Crippen LogP contribution in [0.5, 0.6) is 5.75 Å². The fraction of sp³-hybridized carbons (Fsp3) is 0.200. The molecule has 0 amide bonds. The van der Waals surface area contributed by atoms with Crippen molar-refractivity contribution in [3.05, 3.63) is 63.2 Å². The van der Waals surface area contributed by atoms with Crippen LogP contribution in [0.4, 0.5) is 11.4 Å². The van der Waals surface area contributed by atoms with Crippen LogP contribution in [-0.2, 0) is 0 Å². The van der Waals surface area contributed by atoms with E-state index in [0.29, 0.717) is 16.5 Å². The lowest BCUT2D eigenvalue weighted by molar-refractivity contribution is -0.384. The van der Waals surface area contributed by atoms with Crippen LogP contribution >= 0.6 is 11.6 Å². The third-order valence-corrected chi connectivity index (χ3v) is 3.44. The number of anilines is 1. The van der Waals surface area contributed by atoms with Crippen molar-refractivity contribution in [2.24, 2.45) is 0 Å². The van der Waals surface area contributed by atoms with Gasteiger partial charge < -0.3 is 10.1 Å². The summed E-state index contributed by atoms with van der Waals surface area (Å²) < 4.78 is 5.09. The lowest BCUT2D eigenvalue weighted by Crippen LogP contribution is -2.07. The average molecular weight is 307 g/mol. The van der Waals surface area contributed by atoms with Gasteiger partial charge in [-0.1, -0.05) is 29.8 Å². The first-order valence-electron chi connectivity index (χ1n) is 6.35. The van der Waals surface area contributed by atoms with Crippen LogP contribution in [0.15, 0.2) is 42.5 Å². The molecule has 0 radical (unpaired) electrons. The van der Waals surface area contributed by atoms with Crippen LogP contribution in [0.1, 0.15) is 18.5 Å². The second-order valence-electron chi connectivity index (χ2n) is 4.56. The first kappa shape index (κ1) is 15.1. The minimum atomic E-state index is -0.451. The molecule has 1 N–H and O–H groups in total. The SMILES string of the molecule is COc1cc(NC(C)c2ccccc2Cl)cc([N+](=O)[O-])c1. The van der Waals surface area contributed by atoms with Gasteiger partial charge in [-0.05, 0) is 18.6 Å². The monoisotopic (exact) mass is 306 g/mol. The molecule has 110 valence electrons. The van der Waals surface area contributed by atoms with Crippen LogP contribution in [0.2, 0.25) is 5.02 Å². The lowest BCUT2D eigenvalue weighted by atomic mass is 10.1. The molecule has 0 spiro atoms. The Morgan fingerprint density at radius 2 is 2.00 bits per heavy atom. The van der Waals surface area contributed by atoms with Crippen LogP contribution in [0.25, 0.3) is 0 Å². The Bertz CT molecular complexity index is 661. The molecule has 2 aromatic rings. The summed E-state index contributed by atoms with van der Waals surface area (Å²) in [7, 11) is 1.47. The van der Waals surface area contributed by atoms with E-state index in [9.17, 15) is 10.1 Å². The number of ether oxygens (including phenoxy) is 1. The number of nitro benzene ring substituents is 1. The summed E-state index contributed by atoms with van der Waals surface area (Å²) in [5.74, 6) is 0.429. The molecular formula is C15H15ClN2O3. The molecule has 0 saturated carbocycles. The van der Waals surface area contributed by atoms with E-state index in [4.69, 9.17) is 16.3 Å². The first-order chi connectivity index (χ1) is 10.0. The Morgan fingerprint density at radius 1 is 1.29 bits per heavy atom. The van der Waals surface area contributed by atoms with E-state index in [1.807, 2.05) is 31.2 Å². The summed E-state index contributed by atoms with van der Waals surface area (Å²) in [5, 5.41) is 14.8. The van der Waals surface area contributed by atoms with Gasteiger partial charge in [-0.15, -0.1) is 0 Å². The highest BCUT2D eigenvalue weighted by Crippen LogP contribution is 2.30. The minimum absolute atomic E-state index is 0.0248. The normalized spacial score (nSPS) is 11.8. The second kappa shape index (κ2) is 6.45. The third kappa shape index (κ3) is 3.64. The molecular weight excluding hydrogens is 292 g/mol. The molecule has 1 unspecified atom stereocenters. The molecule has 6 heteroatoms. The largest absolute Gasteiger partial charge is 0.496 e. The molecule has 2 rings (SSSR count).